The standard InChI is InChI=1S/C11H19N3O/c1-8-11(9-3-5-15-6-4-9)10(7-12)14(2)13-8/h9H,3-7,12H2,1-2H3. The van der Waals surface area contributed by atoms with Gasteiger partial charge in [0.1, 0.15) is 0 Å². The van der Waals surface area contributed by atoms with Gasteiger partial charge in [0.2, 0.25) is 0 Å². The number of aryl methyl sites for hydroxylation is 2. The summed E-state index contributed by atoms with van der Waals surface area (Å²) >= 11 is 0. The van der Waals surface area contributed by atoms with Crippen molar-refractivity contribution in [3.05, 3.63) is 17.0 Å². The van der Waals surface area contributed by atoms with Crippen molar-refractivity contribution in [1.29, 1.82) is 0 Å². The van der Waals surface area contributed by atoms with Crippen LogP contribution in [-0.2, 0) is 18.3 Å². The number of hydrogen-bond acceptors (Lipinski definition) is 3. The van der Waals surface area contributed by atoms with E-state index in [1.165, 1.54) is 11.3 Å². The molecule has 0 unspecified atom stereocenters. The molecule has 2 rings (SSSR count). The van der Waals surface area contributed by atoms with Crippen molar-refractivity contribution >= 4 is 0 Å². The summed E-state index contributed by atoms with van der Waals surface area (Å²) in [5, 5.41) is 4.45. The van der Waals surface area contributed by atoms with E-state index in [1.54, 1.807) is 0 Å². The van der Waals surface area contributed by atoms with Crippen molar-refractivity contribution in [2.75, 3.05) is 13.2 Å². The highest BCUT2D eigenvalue weighted by Gasteiger charge is 2.23. The maximum absolute atomic E-state index is 5.78. The zero-order chi connectivity index (χ0) is 10.8. The lowest BCUT2D eigenvalue weighted by Crippen LogP contribution is -2.17. The molecule has 1 aliphatic heterocycles. The van der Waals surface area contributed by atoms with E-state index in [0.717, 1.165) is 31.7 Å². The van der Waals surface area contributed by atoms with Crippen LogP contribution in [0.1, 0.15) is 35.7 Å². The Morgan fingerprint density at radius 3 is 2.73 bits per heavy atom. The Morgan fingerprint density at radius 2 is 2.13 bits per heavy atom. The Morgan fingerprint density at radius 1 is 1.47 bits per heavy atom. The van der Waals surface area contributed by atoms with Crippen LogP contribution in [0.25, 0.3) is 0 Å². The monoisotopic (exact) mass is 209 g/mol. The van der Waals surface area contributed by atoms with Gasteiger partial charge < -0.3 is 10.5 Å². The minimum absolute atomic E-state index is 0.573. The van der Waals surface area contributed by atoms with Gasteiger partial charge in [0.15, 0.2) is 0 Å². The molecule has 0 amide bonds. The van der Waals surface area contributed by atoms with Crippen molar-refractivity contribution in [1.82, 2.24) is 9.78 Å². The Hall–Kier alpha value is -0.870. The predicted octanol–water partition coefficient (Wildman–Crippen LogP) is 1.08. The largest absolute Gasteiger partial charge is 0.381 e. The second kappa shape index (κ2) is 4.33. The van der Waals surface area contributed by atoms with E-state index < -0.39 is 0 Å². The molecule has 0 aromatic carbocycles. The maximum Gasteiger partial charge on any atom is 0.0631 e. The first kappa shape index (κ1) is 10.6. The fourth-order valence-electron chi connectivity index (χ4n) is 2.48. The first-order valence-corrected chi connectivity index (χ1v) is 5.54. The average Bonchev–Trinajstić information content (AvgIpc) is 2.54. The molecule has 2 heterocycles. The lowest BCUT2D eigenvalue weighted by molar-refractivity contribution is 0.0850. The molecule has 0 atom stereocenters. The molecule has 1 aromatic heterocycles. The lowest BCUT2D eigenvalue weighted by Gasteiger charge is -2.23. The molecule has 0 aliphatic carbocycles. The van der Waals surface area contributed by atoms with Gasteiger partial charge in [0.25, 0.3) is 0 Å². The second-order valence-electron chi connectivity index (χ2n) is 4.16. The lowest BCUT2D eigenvalue weighted by atomic mass is 9.90. The third-order valence-corrected chi connectivity index (χ3v) is 3.21. The smallest absolute Gasteiger partial charge is 0.0631 e. The number of rotatable bonds is 2. The molecular weight excluding hydrogens is 190 g/mol. The Bertz CT molecular complexity index is 340. The van der Waals surface area contributed by atoms with Crippen LogP contribution in [0.15, 0.2) is 0 Å². The van der Waals surface area contributed by atoms with E-state index in [1.807, 2.05) is 11.7 Å². The van der Waals surface area contributed by atoms with Gasteiger partial charge >= 0.3 is 0 Å². The van der Waals surface area contributed by atoms with Gasteiger partial charge in [-0.15, -0.1) is 0 Å². The summed E-state index contributed by atoms with van der Waals surface area (Å²) in [6.07, 6.45) is 2.19. The van der Waals surface area contributed by atoms with E-state index in [4.69, 9.17) is 10.5 Å². The molecule has 0 radical (unpaired) electrons. The van der Waals surface area contributed by atoms with Crippen LogP contribution in [0.4, 0.5) is 0 Å². The highest BCUT2D eigenvalue weighted by atomic mass is 16.5. The molecule has 2 N–H and O–H groups in total. The Labute approximate surface area is 90.4 Å². The van der Waals surface area contributed by atoms with Crippen molar-refractivity contribution in [3.8, 4) is 0 Å². The summed E-state index contributed by atoms with van der Waals surface area (Å²) in [6, 6.07) is 0. The van der Waals surface area contributed by atoms with Gasteiger partial charge in [-0.2, -0.15) is 5.10 Å². The summed E-state index contributed by atoms with van der Waals surface area (Å²) in [4.78, 5) is 0. The molecule has 1 aromatic rings. The highest BCUT2D eigenvalue weighted by molar-refractivity contribution is 5.29. The van der Waals surface area contributed by atoms with E-state index in [-0.39, 0.29) is 0 Å². The van der Waals surface area contributed by atoms with Gasteiger partial charge in [-0.1, -0.05) is 0 Å². The molecule has 1 aliphatic rings. The maximum atomic E-state index is 5.78. The van der Waals surface area contributed by atoms with Gasteiger partial charge in [-0.25, -0.2) is 0 Å². The fourth-order valence-corrected chi connectivity index (χ4v) is 2.48. The molecule has 0 saturated carbocycles. The number of hydrogen-bond donors (Lipinski definition) is 1. The molecule has 84 valence electrons. The Balaban J connectivity index is 2.32. The molecular formula is C11H19N3O. The van der Waals surface area contributed by atoms with Crippen LogP contribution in [0.3, 0.4) is 0 Å². The Kier molecular flexibility index (Phi) is 3.07. The van der Waals surface area contributed by atoms with E-state index in [2.05, 4.69) is 12.0 Å². The zero-order valence-electron chi connectivity index (χ0n) is 9.49. The fraction of sp³-hybridized carbons (Fsp3) is 0.727. The van der Waals surface area contributed by atoms with Crippen LogP contribution in [0, 0.1) is 6.92 Å². The molecule has 0 bridgehead atoms. The summed E-state index contributed by atoms with van der Waals surface area (Å²) in [6.45, 7) is 4.38. The number of nitrogens with zero attached hydrogens (tertiary/aromatic N) is 2. The van der Waals surface area contributed by atoms with Gasteiger partial charge in [-0.3, -0.25) is 4.68 Å². The van der Waals surface area contributed by atoms with Crippen LogP contribution in [0.2, 0.25) is 0 Å². The second-order valence-corrected chi connectivity index (χ2v) is 4.16. The van der Waals surface area contributed by atoms with Crippen molar-refractivity contribution in [3.63, 3.8) is 0 Å². The topological polar surface area (TPSA) is 53.1 Å². The third kappa shape index (κ3) is 1.92. The molecule has 4 nitrogen and oxygen atoms in total. The molecule has 1 fully saturated rings. The molecule has 15 heavy (non-hydrogen) atoms. The van der Waals surface area contributed by atoms with Crippen LogP contribution in [0.5, 0.6) is 0 Å². The zero-order valence-corrected chi connectivity index (χ0v) is 9.49. The highest BCUT2D eigenvalue weighted by Crippen LogP contribution is 2.31. The molecule has 4 heteroatoms. The molecule has 1 saturated heterocycles. The predicted molar refractivity (Wildman–Crippen MR) is 58.6 cm³/mol. The van der Waals surface area contributed by atoms with Crippen molar-refractivity contribution in [2.45, 2.75) is 32.2 Å². The van der Waals surface area contributed by atoms with Crippen molar-refractivity contribution in [2.24, 2.45) is 12.8 Å². The van der Waals surface area contributed by atoms with Crippen molar-refractivity contribution < 1.29 is 4.74 Å². The van der Waals surface area contributed by atoms with Gasteiger partial charge in [0, 0.05) is 32.4 Å². The minimum Gasteiger partial charge on any atom is -0.381 e. The number of aromatic nitrogens is 2. The molecule has 0 spiro atoms. The minimum atomic E-state index is 0.573. The average molecular weight is 209 g/mol. The van der Waals surface area contributed by atoms with E-state index >= 15 is 0 Å². The summed E-state index contributed by atoms with van der Waals surface area (Å²) in [5.41, 5.74) is 9.45. The van der Waals surface area contributed by atoms with Crippen LogP contribution < -0.4 is 5.73 Å². The SMILES string of the molecule is Cc1nn(C)c(CN)c1C1CCOCC1. The summed E-state index contributed by atoms with van der Waals surface area (Å²) in [5.74, 6) is 0.589. The first-order valence-electron chi connectivity index (χ1n) is 5.54. The van der Waals surface area contributed by atoms with Crippen LogP contribution >= 0.6 is 0 Å². The van der Waals surface area contributed by atoms with Gasteiger partial charge in [0.05, 0.1) is 11.4 Å². The first-order chi connectivity index (χ1) is 7.24. The third-order valence-electron chi connectivity index (χ3n) is 3.21. The normalized spacial score (nSPS) is 18.3. The van der Waals surface area contributed by atoms with E-state index in [0.29, 0.717) is 12.5 Å². The summed E-state index contributed by atoms with van der Waals surface area (Å²) in [7, 11) is 1.97. The van der Waals surface area contributed by atoms with Gasteiger partial charge in [-0.05, 0) is 25.7 Å². The van der Waals surface area contributed by atoms with E-state index in [9.17, 15) is 0 Å². The van der Waals surface area contributed by atoms with Crippen LogP contribution in [-0.4, -0.2) is 23.0 Å². The number of ether oxygens (including phenoxy) is 1. The number of nitrogens with two attached hydrogens (primary N) is 1. The summed E-state index contributed by atoms with van der Waals surface area (Å²) < 4.78 is 7.30. The quantitative estimate of drug-likeness (QED) is 0.793.